The Labute approximate surface area is 199 Å². The fraction of sp³-hybridized carbons (Fsp3) is 0.542. The molecule has 0 spiro atoms. The van der Waals surface area contributed by atoms with E-state index in [4.69, 9.17) is 27.9 Å². The molecule has 0 N–H and O–H groups in total. The summed E-state index contributed by atoms with van der Waals surface area (Å²) in [6, 6.07) is 11.0. The van der Waals surface area contributed by atoms with Gasteiger partial charge in [0, 0.05) is 11.6 Å². The Bertz CT molecular complexity index is 853. The third kappa shape index (κ3) is 7.10. The van der Waals surface area contributed by atoms with E-state index in [1.807, 2.05) is 30.3 Å². The molecule has 0 amide bonds. The van der Waals surface area contributed by atoms with Crippen molar-refractivity contribution in [2.75, 3.05) is 0 Å². The lowest BCUT2D eigenvalue weighted by Crippen LogP contribution is -2.30. The van der Waals surface area contributed by atoms with Crippen LogP contribution in [0.5, 0.6) is 5.75 Å². The van der Waals surface area contributed by atoms with E-state index in [2.05, 4.69) is 17.1 Å². The maximum absolute atomic E-state index is 13.0. The highest BCUT2D eigenvalue weighted by molar-refractivity contribution is 8.15. The van der Waals surface area contributed by atoms with Crippen LogP contribution in [0, 0.1) is 5.92 Å². The van der Waals surface area contributed by atoms with E-state index in [1.54, 1.807) is 0 Å². The highest BCUT2D eigenvalue weighted by atomic mass is 35.5. The number of alkyl halides is 1. The lowest BCUT2D eigenvalue weighted by molar-refractivity contribution is 0.226. The molecule has 1 aromatic heterocycles. The van der Waals surface area contributed by atoms with Gasteiger partial charge in [-0.1, -0.05) is 93.8 Å². The van der Waals surface area contributed by atoms with Crippen molar-refractivity contribution in [1.29, 1.82) is 0 Å². The van der Waals surface area contributed by atoms with Crippen molar-refractivity contribution in [2.24, 2.45) is 5.92 Å². The number of thioether (sulfide) groups is 1. The van der Waals surface area contributed by atoms with Crippen LogP contribution in [0.2, 0.25) is 5.15 Å². The minimum absolute atomic E-state index is 0.177. The normalized spacial score (nSPS) is 21.5. The average Bonchev–Trinajstić information content (AvgIpc) is 2.93. The van der Waals surface area contributed by atoms with E-state index in [0.717, 1.165) is 55.9 Å². The van der Waals surface area contributed by atoms with Gasteiger partial charge < -0.3 is 4.74 Å². The molecule has 2 atom stereocenters. The Kier molecular flexibility index (Phi) is 9.48. The zero-order valence-electron chi connectivity index (χ0n) is 18.0. The summed E-state index contributed by atoms with van der Waals surface area (Å²) in [6.45, 7) is 2.22. The predicted molar refractivity (Wildman–Crippen MR) is 130 cm³/mol. The number of hydrogen-bond donors (Lipinski definition) is 0. The summed E-state index contributed by atoms with van der Waals surface area (Å²) in [4.78, 5) is 13.0. The van der Waals surface area contributed by atoms with Crippen LogP contribution in [0.3, 0.4) is 0 Å². The maximum Gasteiger partial charge on any atom is 0.374 e. The summed E-state index contributed by atoms with van der Waals surface area (Å²) >= 11 is 14.3. The Morgan fingerprint density at radius 2 is 1.97 bits per heavy atom. The fourth-order valence-corrected chi connectivity index (χ4v) is 5.88. The Balaban J connectivity index is 1.73. The summed E-state index contributed by atoms with van der Waals surface area (Å²) < 4.78 is 5.11. The van der Waals surface area contributed by atoms with Gasteiger partial charge in [0.25, 0.3) is 0 Å². The molecule has 2 unspecified atom stereocenters. The molecule has 0 radical (unpaired) electrons. The van der Waals surface area contributed by atoms with Crippen molar-refractivity contribution >= 4 is 40.3 Å². The quantitative estimate of drug-likeness (QED) is 0.164. The molecule has 1 aromatic carbocycles. The molecule has 1 saturated carbocycles. The molecule has 0 aliphatic heterocycles. The van der Waals surface area contributed by atoms with Crippen molar-refractivity contribution in [3.63, 3.8) is 0 Å². The monoisotopic (exact) mass is 480 g/mol. The molecule has 1 aliphatic carbocycles. The van der Waals surface area contributed by atoms with Crippen molar-refractivity contribution in [2.45, 2.75) is 75.3 Å². The number of aromatic nitrogens is 2. The Hall–Kier alpha value is -1.30. The third-order valence-electron chi connectivity index (χ3n) is 5.81. The van der Waals surface area contributed by atoms with Crippen molar-refractivity contribution < 1.29 is 9.53 Å². The van der Waals surface area contributed by atoms with E-state index < -0.39 is 9.51 Å². The zero-order chi connectivity index (χ0) is 22.1. The van der Waals surface area contributed by atoms with E-state index in [0.29, 0.717) is 17.4 Å². The van der Waals surface area contributed by atoms with Gasteiger partial charge in [0.05, 0.1) is 0 Å². The molecule has 0 bridgehead atoms. The molecule has 3 rings (SSSR count). The number of halogens is 2. The Morgan fingerprint density at radius 1 is 1.16 bits per heavy atom. The summed E-state index contributed by atoms with van der Waals surface area (Å²) in [7, 11) is 0. The van der Waals surface area contributed by atoms with Crippen LogP contribution in [-0.2, 0) is 0 Å². The van der Waals surface area contributed by atoms with Crippen molar-refractivity contribution in [1.82, 2.24) is 10.2 Å². The van der Waals surface area contributed by atoms with Gasteiger partial charge in [-0.15, -0.1) is 21.8 Å². The molecule has 4 nitrogen and oxygen atoms in total. The van der Waals surface area contributed by atoms with Crippen LogP contribution in [0.25, 0.3) is 11.3 Å². The smallest absolute Gasteiger partial charge is 0.374 e. The maximum atomic E-state index is 13.0. The zero-order valence-corrected chi connectivity index (χ0v) is 20.3. The topological polar surface area (TPSA) is 52.1 Å². The van der Waals surface area contributed by atoms with Crippen molar-refractivity contribution in [3.05, 3.63) is 41.6 Å². The Morgan fingerprint density at radius 3 is 2.74 bits per heavy atom. The lowest BCUT2D eigenvalue weighted by Gasteiger charge is -2.32. The fourth-order valence-electron chi connectivity index (χ4n) is 4.14. The minimum Gasteiger partial charge on any atom is -0.416 e. The lowest BCUT2D eigenvalue weighted by atomic mass is 9.92. The van der Waals surface area contributed by atoms with Crippen LogP contribution in [0.1, 0.15) is 71.1 Å². The first-order valence-corrected chi connectivity index (χ1v) is 12.8. The van der Waals surface area contributed by atoms with Gasteiger partial charge in [-0.3, -0.25) is 0 Å². The minimum atomic E-state index is -0.628. The van der Waals surface area contributed by atoms with Crippen LogP contribution in [-0.4, -0.2) is 19.7 Å². The number of carbonyl (C=O) groups excluding carboxylic acids is 1. The van der Waals surface area contributed by atoms with E-state index >= 15 is 0 Å². The molecule has 1 fully saturated rings. The van der Waals surface area contributed by atoms with Gasteiger partial charge in [-0.2, -0.15) is 0 Å². The molecule has 1 aliphatic rings. The first kappa shape index (κ1) is 24.3. The highest BCUT2D eigenvalue weighted by Crippen LogP contribution is 2.49. The van der Waals surface area contributed by atoms with Gasteiger partial charge in [0.15, 0.2) is 10.9 Å². The van der Waals surface area contributed by atoms with Gasteiger partial charge in [0.1, 0.15) is 9.90 Å². The molecule has 0 saturated heterocycles. The average molecular weight is 481 g/mol. The summed E-state index contributed by atoms with van der Waals surface area (Å²) in [5.41, 5.74) is 1.29. The molecule has 168 valence electrons. The number of carbonyl (C=O) groups is 1. The standard InChI is InChI=1S/C24H30Cl2N2O2S/c1-2-3-4-9-14-19-15-10-6-11-16-24(19,26)31-23(29)30-20-17-21(25)27-28-22(20)18-12-7-5-8-13-18/h5,7-8,12-13,17,19H,2-4,6,9-11,14-16H2,1H3. The van der Waals surface area contributed by atoms with Crippen LogP contribution >= 0.6 is 35.0 Å². The van der Waals surface area contributed by atoms with Crippen molar-refractivity contribution in [3.8, 4) is 17.0 Å². The number of nitrogens with zero attached hydrogens (tertiary/aromatic N) is 2. The van der Waals surface area contributed by atoms with E-state index in [1.165, 1.54) is 31.7 Å². The van der Waals surface area contributed by atoms with Crippen LogP contribution < -0.4 is 4.74 Å². The summed E-state index contributed by atoms with van der Waals surface area (Å²) in [5, 5.41) is 7.83. The first-order chi connectivity index (χ1) is 15.0. The largest absolute Gasteiger partial charge is 0.416 e. The molecule has 31 heavy (non-hydrogen) atoms. The molecular formula is C24H30Cl2N2O2S. The van der Waals surface area contributed by atoms with Crippen LogP contribution in [0.15, 0.2) is 36.4 Å². The highest BCUT2D eigenvalue weighted by Gasteiger charge is 2.41. The molecule has 2 aromatic rings. The first-order valence-electron chi connectivity index (χ1n) is 11.2. The number of unbranched alkanes of at least 4 members (excludes halogenated alkanes) is 3. The van der Waals surface area contributed by atoms with Gasteiger partial charge in [0.2, 0.25) is 0 Å². The number of benzene rings is 1. The predicted octanol–water partition coefficient (Wildman–Crippen LogP) is 8.51. The van der Waals surface area contributed by atoms with Crippen LogP contribution in [0.4, 0.5) is 4.79 Å². The summed E-state index contributed by atoms with van der Waals surface area (Å²) in [6.07, 6.45) is 11.1. The number of hydrogen-bond acceptors (Lipinski definition) is 5. The second kappa shape index (κ2) is 12.1. The number of rotatable bonds is 8. The second-order valence-corrected chi connectivity index (χ2v) is 10.7. The van der Waals surface area contributed by atoms with Gasteiger partial charge in [-0.05, 0) is 36.9 Å². The second-order valence-electron chi connectivity index (χ2n) is 8.13. The molecular weight excluding hydrogens is 451 g/mol. The van der Waals surface area contributed by atoms with E-state index in [-0.39, 0.29) is 5.15 Å². The number of ether oxygens (including phenoxy) is 1. The molecule has 7 heteroatoms. The van der Waals surface area contributed by atoms with Gasteiger partial charge in [-0.25, -0.2) is 4.79 Å². The van der Waals surface area contributed by atoms with Gasteiger partial charge >= 0.3 is 5.30 Å². The SMILES string of the molecule is CCCCCCC1CCCCCC1(Cl)SC(=O)Oc1cc(Cl)nnc1-c1ccccc1. The summed E-state index contributed by atoms with van der Waals surface area (Å²) in [5.74, 6) is 0.607. The molecule has 1 heterocycles. The van der Waals surface area contributed by atoms with E-state index in [9.17, 15) is 4.79 Å². The third-order valence-corrected chi connectivity index (χ3v) is 7.85.